The number of methoxy groups -OCH3 is 2. The summed E-state index contributed by atoms with van der Waals surface area (Å²) in [6, 6.07) is 11.1. The summed E-state index contributed by atoms with van der Waals surface area (Å²) >= 11 is 0. The smallest absolute Gasteiger partial charge is 0.341 e. The van der Waals surface area contributed by atoms with E-state index in [-0.39, 0.29) is 24.0 Å². The number of carbonyl (C=O) groups is 1. The summed E-state index contributed by atoms with van der Waals surface area (Å²) in [4.78, 5) is 16.5. The third kappa shape index (κ3) is 5.59. The normalized spacial score (nSPS) is 11.0. The van der Waals surface area contributed by atoms with E-state index in [2.05, 4.69) is 25.8 Å². The SMILES string of the molecule is CCNC(=NCc1ccc(OC)c(C(=O)OC)c1)NCc1nnc2ccccn12.I. The van der Waals surface area contributed by atoms with Gasteiger partial charge in [-0.05, 0) is 36.8 Å². The van der Waals surface area contributed by atoms with Crippen molar-refractivity contribution in [1.29, 1.82) is 0 Å². The van der Waals surface area contributed by atoms with E-state index in [1.165, 1.54) is 14.2 Å². The number of hydrogen-bond donors (Lipinski definition) is 2. The molecule has 160 valence electrons. The van der Waals surface area contributed by atoms with E-state index >= 15 is 0 Å². The van der Waals surface area contributed by atoms with Crippen molar-refractivity contribution in [2.45, 2.75) is 20.0 Å². The Balaban J connectivity index is 0.00000320. The van der Waals surface area contributed by atoms with E-state index in [0.29, 0.717) is 36.9 Å². The minimum Gasteiger partial charge on any atom is -0.496 e. The summed E-state index contributed by atoms with van der Waals surface area (Å²) in [5.74, 6) is 1.43. The summed E-state index contributed by atoms with van der Waals surface area (Å²) in [6.45, 7) is 3.55. The van der Waals surface area contributed by atoms with E-state index in [9.17, 15) is 4.79 Å². The first-order valence-corrected chi connectivity index (χ1v) is 9.22. The van der Waals surface area contributed by atoms with Gasteiger partial charge in [-0.2, -0.15) is 0 Å². The zero-order valence-corrected chi connectivity index (χ0v) is 19.4. The van der Waals surface area contributed by atoms with Gasteiger partial charge < -0.3 is 20.1 Å². The second kappa shape index (κ2) is 11.3. The molecule has 0 aliphatic carbocycles. The number of aliphatic imine (C=N–C) groups is 1. The number of hydrogen-bond acceptors (Lipinski definition) is 6. The number of aromatic nitrogens is 3. The molecule has 3 aromatic rings. The molecule has 0 aliphatic heterocycles. The average Bonchev–Trinajstić information content (AvgIpc) is 3.18. The molecule has 2 N–H and O–H groups in total. The number of fused-ring (bicyclic) bond motifs is 1. The van der Waals surface area contributed by atoms with Gasteiger partial charge in [0.2, 0.25) is 0 Å². The van der Waals surface area contributed by atoms with Crippen LogP contribution in [0.25, 0.3) is 5.65 Å². The van der Waals surface area contributed by atoms with Crippen molar-refractivity contribution in [3.8, 4) is 5.75 Å². The van der Waals surface area contributed by atoms with Gasteiger partial charge >= 0.3 is 5.97 Å². The van der Waals surface area contributed by atoms with E-state index in [1.54, 1.807) is 12.1 Å². The van der Waals surface area contributed by atoms with Crippen LogP contribution in [0.3, 0.4) is 0 Å². The number of esters is 1. The maximum atomic E-state index is 11.9. The highest BCUT2D eigenvalue weighted by molar-refractivity contribution is 14.0. The lowest BCUT2D eigenvalue weighted by Crippen LogP contribution is -2.37. The number of halogens is 1. The molecule has 0 saturated carbocycles. The lowest BCUT2D eigenvalue weighted by Gasteiger charge is -2.11. The molecule has 0 saturated heterocycles. The molecule has 30 heavy (non-hydrogen) atoms. The number of nitrogens with zero attached hydrogens (tertiary/aromatic N) is 4. The lowest BCUT2D eigenvalue weighted by molar-refractivity contribution is 0.0597. The summed E-state index contributed by atoms with van der Waals surface area (Å²) in [6.07, 6.45) is 1.92. The van der Waals surface area contributed by atoms with Crippen LogP contribution in [0.2, 0.25) is 0 Å². The van der Waals surface area contributed by atoms with Crippen LogP contribution in [0.1, 0.15) is 28.7 Å². The molecule has 3 rings (SSSR count). The molecule has 0 radical (unpaired) electrons. The molecule has 1 aromatic carbocycles. The molecule has 2 aromatic heterocycles. The third-order valence-electron chi connectivity index (χ3n) is 4.23. The van der Waals surface area contributed by atoms with Gasteiger partial charge in [0.15, 0.2) is 17.4 Å². The minimum absolute atomic E-state index is 0. The quantitative estimate of drug-likeness (QED) is 0.212. The van der Waals surface area contributed by atoms with E-state index < -0.39 is 5.97 Å². The van der Waals surface area contributed by atoms with Crippen molar-refractivity contribution in [1.82, 2.24) is 25.2 Å². The van der Waals surface area contributed by atoms with Gasteiger partial charge in [-0.15, -0.1) is 34.2 Å². The van der Waals surface area contributed by atoms with Crippen molar-refractivity contribution >= 4 is 41.6 Å². The summed E-state index contributed by atoms with van der Waals surface area (Å²) < 4.78 is 12.0. The molecule has 0 unspecified atom stereocenters. The summed E-state index contributed by atoms with van der Waals surface area (Å²) in [5.41, 5.74) is 2.02. The average molecular weight is 524 g/mol. The monoisotopic (exact) mass is 524 g/mol. The first-order valence-electron chi connectivity index (χ1n) is 9.22. The van der Waals surface area contributed by atoms with Crippen molar-refractivity contribution in [2.75, 3.05) is 20.8 Å². The highest BCUT2D eigenvalue weighted by Crippen LogP contribution is 2.21. The highest BCUT2D eigenvalue weighted by atomic mass is 127. The topological polar surface area (TPSA) is 102 Å². The number of pyridine rings is 1. The third-order valence-corrected chi connectivity index (χ3v) is 4.23. The Morgan fingerprint density at radius 1 is 1.17 bits per heavy atom. The number of rotatable bonds is 7. The molecule has 0 fully saturated rings. The molecule has 0 spiro atoms. The van der Waals surface area contributed by atoms with Crippen molar-refractivity contribution in [3.05, 3.63) is 59.5 Å². The Morgan fingerprint density at radius 3 is 2.73 bits per heavy atom. The van der Waals surface area contributed by atoms with E-state index in [4.69, 9.17) is 9.47 Å². The van der Waals surface area contributed by atoms with Crippen molar-refractivity contribution in [3.63, 3.8) is 0 Å². The van der Waals surface area contributed by atoms with E-state index in [0.717, 1.165) is 17.0 Å². The van der Waals surface area contributed by atoms with Crippen LogP contribution in [0.4, 0.5) is 0 Å². The highest BCUT2D eigenvalue weighted by Gasteiger charge is 2.13. The van der Waals surface area contributed by atoms with Gasteiger partial charge in [-0.3, -0.25) is 4.40 Å². The number of carbonyl (C=O) groups excluding carboxylic acids is 1. The maximum absolute atomic E-state index is 11.9. The number of nitrogens with one attached hydrogen (secondary N) is 2. The largest absolute Gasteiger partial charge is 0.496 e. The first-order chi connectivity index (χ1) is 14.2. The fraction of sp³-hybridized carbons (Fsp3) is 0.300. The van der Waals surface area contributed by atoms with Gasteiger partial charge in [-0.25, -0.2) is 9.79 Å². The molecule has 10 heteroatoms. The van der Waals surface area contributed by atoms with Crippen LogP contribution in [-0.2, 0) is 17.8 Å². The Bertz CT molecular complexity index is 1020. The zero-order valence-electron chi connectivity index (χ0n) is 17.1. The van der Waals surface area contributed by atoms with Gasteiger partial charge in [0.1, 0.15) is 11.3 Å². The van der Waals surface area contributed by atoms with Gasteiger partial charge in [0.25, 0.3) is 0 Å². The Morgan fingerprint density at radius 2 is 2.00 bits per heavy atom. The Labute approximate surface area is 191 Å². The second-order valence-corrected chi connectivity index (χ2v) is 6.12. The Kier molecular flexibility index (Phi) is 8.84. The standard InChI is InChI=1S/C20H24N6O3.HI/c1-4-21-20(23-13-18-25-24-17-7-5-6-10-26(17)18)22-12-14-8-9-16(28-2)15(11-14)19(27)29-3;/h5-11H,4,12-13H2,1-3H3,(H2,21,22,23);1H. The van der Waals surface area contributed by atoms with Crippen molar-refractivity contribution < 1.29 is 14.3 Å². The number of guanidine groups is 1. The molecule has 0 atom stereocenters. The first kappa shape index (κ1) is 23.4. The molecule has 2 heterocycles. The number of ether oxygens (including phenoxy) is 2. The lowest BCUT2D eigenvalue weighted by atomic mass is 10.1. The van der Waals surface area contributed by atoms with Crippen molar-refractivity contribution in [2.24, 2.45) is 4.99 Å². The van der Waals surface area contributed by atoms with Crippen LogP contribution in [-0.4, -0.2) is 47.3 Å². The molecule has 0 bridgehead atoms. The fourth-order valence-electron chi connectivity index (χ4n) is 2.81. The molecular weight excluding hydrogens is 499 g/mol. The molecule has 0 aliphatic rings. The van der Waals surface area contributed by atoms with Crippen LogP contribution in [0, 0.1) is 0 Å². The summed E-state index contributed by atoms with van der Waals surface area (Å²) in [5, 5.41) is 14.8. The Hall–Kier alpha value is -2.89. The van der Waals surface area contributed by atoms with E-state index in [1.807, 2.05) is 41.8 Å². The number of benzene rings is 1. The minimum atomic E-state index is -0.448. The van der Waals surface area contributed by atoms with Crippen LogP contribution in [0.15, 0.2) is 47.6 Å². The predicted octanol–water partition coefficient (Wildman–Crippen LogP) is 2.40. The van der Waals surface area contributed by atoms with Gasteiger partial charge in [0.05, 0.1) is 27.3 Å². The molecule has 9 nitrogen and oxygen atoms in total. The molecule has 0 amide bonds. The predicted molar refractivity (Wildman–Crippen MR) is 124 cm³/mol. The van der Waals surface area contributed by atoms with Crippen LogP contribution >= 0.6 is 24.0 Å². The van der Waals surface area contributed by atoms with Crippen LogP contribution < -0.4 is 15.4 Å². The molecular formula is C20H25IN6O3. The van der Waals surface area contributed by atoms with Gasteiger partial charge in [-0.1, -0.05) is 12.1 Å². The zero-order chi connectivity index (χ0) is 20.6. The summed E-state index contributed by atoms with van der Waals surface area (Å²) in [7, 11) is 2.86. The maximum Gasteiger partial charge on any atom is 0.341 e. The second-order valence-electron chi connectivity index (χ2n) is 6.12. The van der Waals surface area contributed by atoms with Gasteiger partial charge in [0, 0.05) is 12.7 Å². The van der Waals surface area contributed by atoms with Crippen LogP contribution in [0.5, 0.6) is 5.75 Å². The fourth-order valence-corrected chi connectivity index (χ4v) is 2.81.